The molecule has 0 atom stereocenters. The normalized spacial score (nSPS) is 15.3. The summed E-state index contributed by atoms with van der Waals surface area (Å²) in [5, 5.41) is 9.66. The molecule has 0 N–H and O–H groups in total. The van der Waals surface area contributed by atoms with Crippen LogP contribution in [0.1, 0.15) is 32.4 Å². The van der Waals surface area contributed by atoms with Gasteiger partial charge in [-0.05, 0) is 49.7 Å². The minimum Gasteiger partial charge on any atom is -0.482 e. The van der Waals surface area contributed by atoms with Crippen molar-refractivity contribution in [2.75, 3.05) is 6.26 Å². The molecule has 26 heavy (non-hydrogen) atoms. The third-order valence-corrected chi connectivity index (χ3v) is 5.22. The van der Waals surface area contributed by atoms with Crippen LogP contribution in [-0.4, -0.2) is 20.3 Å². The molecular formula is C20H20FNO3S. The first-order valence-corrected chi connectivity index (χ1v) is 9.47. The van der Waals surface area contributed by atoms with E-state index >= 15 is 0 Å². The van der Waals surface area contributed by atoms with Gasteiger partial charge in [-0.2, -0.15) is 5.26 Å². The van der Waals surface area contributed by atoms with Gasteiger partial charge in [-0.25, -0.2) is 12.8 Å². The van der Waals surface area contributed by atoms with Crippen LogP contribution in [0.25, 0.3) is 5.57 Å². The van der Waals surface area contributed by atoms with Crippen LogP contribution in [0.15, 0.2) is 52.9 Å². The largest absolute Gasteiger partial charge is 0.482 e. The van der Waals surface area contributed by atoms with Gasteiger partial charge in [0.1, 0.15) is 17.2 Å². The molecule has 136 valence electrons. The number of nitrogens with zero attached hydrogens (tertiary/aromatic N) is 1. The predicted octanol–water partition coefficient (Wildman–Crippen LogP) is 4.36. The first-order chi connectivity index (χ1) is 11.6. The van der Waals surface area contributed by atoms with Crippen molar-refractivity contribution in [3.63, 3.8) is 0 Å². The Morgan fingerprint density at radius 2 is 1.73 bits per heavy atom. The maximum Gasteiger partial charge on any atom is 0.175 e. The van der Waals surface area contributed by atoms with E-state index in [1.807, 2.05) is 0 Å². The molecule has 0 saturated carbocycles. The summed E-state index contributed by atoms with van der Waals surface area (Å²) in [7, 11) is -3.39. The van der Waals surface area contributed by atoms with E-state index in [1.54, 1.807) is 32.0 Å². The molecule has 2 aromatic rings. The van der Waals surface area contributed by atoms with Crippen molar-refractivity contribution < 1.29 is 17.5 Å². The Morgan fingerprint density at radius 3 is 2.27 bits per heavy atom. The summed E-state index contributed by atoms with van der Waals surface area (Å²) in [6.45, 7) is 3.48. The number of sulfone groups is 1. The molecule has 0 bridgehead atoms. The highest BCUT2D eigenvalue weighted by molar-refractivity contribution is 7.90. The standard InChI is InChI=1S/C19H16FNO3S.CH4/c1-19(2)16(11-21)18(12-4-6-13(20)7-5-12)15-9-8-14(25(3,22)23)10-17(15)24-19;/h4-10H,1-3H3;1H4. The molecule has 1 aliphatic heterocycles. The monoisotopic (exact) mass is 373 g/mol. The van der Waals surface area contributed by atoms with Crippen LogP contribution in [0.2, 0.25) is 0 Å². The fraction of sp³-hybridized carbons (Fsp3) is 0.250. The van der Waals surface area contributed by atoms with Crippen LogP contribution in [-0.2, 0) is 9.84 Å². The zero-order chi connectivity index (χ0) is 18.4. The molecule has 2 aromatic carbocycles. The quantitative estimate of drug-likeness (QED) is 0.784. The summed E-state index contributed by atoms with van der Waals surface area (Å²) in [6, 6.07) is 12.6. The Morgan fingerprint density at radius 1 is 1.12 bits per heavy atom. The lowest BCUT2D eigenvalue weighted by atomic mass is 9.83. The van der Waals surface area contributed by atoms with E-state index in [-0.39, 0.29) is 18.1 Å². The van der Waals surface area contributed by atoms with Crippen LogP contribution in [0.4, 0.5) is 4.39 Å². The van der Waals surface area contributed by atoms with Gasteiger partial charge in [0.25, 0.3) is 0 Å². The average Bonchev–Trinajstić information content (AvgIpc) is 2.52. The van der Waals surface area contributed by atoms with E-state index in [0.717, 1.165) is 6.26 Å². The number of fused-ring (bicyclic) bond motifs is 1. The Hall–Kier alpha value is -2.65. The molecule has 0 fully saturated rings. The number of ether oxygens (including phenoxy) is 1. The summed E-state index contributed by atoms with van der Waals surface area (Å²) in [6.07, 6.45) is 1.13. The lowest BCUT2D eigenvalue weighted by molar-refractivity contribution is 0.149. The van der Waals surface area contributed by atoms with E-state index in [0.29, 0.717) is 28.0 Å². The highest BCUT2D eigenvalue weighted by atomic mass is 32.2. The second-order valence-corrected chi connectivity index (χ2v) is 8.43. The summed E-state index contributed by atoms with van der Waals surface area (Å²) < 4.78 is 42.9. The Bertz CT molecular complexity index is 1030. The first kappa shape index (κ1) is 19.7. The molecule has 0 unspecified atom stereocenters. The number of hydrogen-bond donors (Lipinski definition) is 0. The fourth-order valence-electron chi connectivity index (χ4n) is 2.89. The SMILES string of the molecule is C.CC1(C)Oc2cc(S(C)(=O)=O)ccc2C(c2ccc(F)cc2)=C1C#N. The third-order valence-electron chi connectivity index (χ3n) is 4.11. The second-order valence-electron chi connectivity index (χ2n) is 6.41. The molecule has 0 saturated heterocycles. The third kappa shape index (κ3) is 3.35. The molecule has 0 aromatic heterocycles. The molecule has 0 aliphatic carbocycles. The summed E-state index contributed by atoms with van der Waals surface area (Å²) >= 11 is 0. The molecular weight excluding hydrogens is 353 g/mol. The van der Waals surface area contributed by atoms with Crippen molar-refractivity contribution >= 4 is 15.4 Å². The molecule has 0 spiro atoms. The van der Waals surface area contributed by atoms with Crippen LogP contribution < -0.4 is 4.74 Å². The predicted molar refractivity (Wildman–Crippen MR) is 99.0 cm³/mol. The maximum absolute atomic E-state index is 13.3. The zero-order valence-electron chi connectivity index (χ0n) is 14.0. The molecule has 0 amide bonds. The molecule has 3 rings (SSSR count). The fourth-order valence-corrected chi connectivity index (χ4v) is 3.53. The van der Waals surface area contributed by atoms with Crippen LogP contribution in [0, 0.1) is 17.1 Å². The highest BCUT2D eigenvalue weighted by Gasteiger charge is 2.36. The first-order valence-electron chi connectivity index (χ1n) is 7.58. The van der Waals surface area contributed by atoms with Crippen molar-refractivity contribution in [2.24, 2.45) is 0 Å². The molecule has 4 nitrogen and oxygen atoms in total. The van der Waals surface area contributed by atoms with Gasteiger partial charge in [0.2, 0.25) is 0 Å². The zero-order valence-corrected chi connectivity index (χ0v) is 14.8. The second kappa shape index (κ2) is 6.58. The Kier molecular flexibility index (Phi) is 4.98. The van der Waals surface area contributed by atoms with E-state index in [4.69, 9.17) is 4.74 Å². The smallest absolute Gasteiger partial charge is 0.175 e. The lowest BCUT2D eigenvalue weighted by Crippen LogP contribution is -2.34. The maximum atomic E-state index is 13.3. The Balaban J connectivity index is 0.00000243. The summed E-state index contributed by atoms with van der Waals surface area (Å²) in [5.41, 5.74) is 1.35. The Labute approximate surface area is 153 Å². The number of benzene rings is 2. The van der Waals surface area contributed by atoms with Gasteiger partial charge >= 0.3 is 0 Å². The van der Waals surface area contributed by atoms with Crippen molar-refractivity contribution in [3.05, 3.63) is 65.0 Å². The number of nitriles is 1. The van der Waals surface area contributed by atoms with E-state index in [1.165, 1.54) is 24.3 Å². The van der Waals surface area contributed by atoms with Crippen molar-refractivity contribution in [1.29, 1.82) is 5.26 Å². The minimum atomic E-state index is -3.39. The molecule has 1 heterocycles. The van der Waals surface area contributed by atoms with Crippen LogP contribution in [0.5, 0.6) is 5.75 Å². The highest BCUT2D eigenvalue weighted by Crippen LogP contribution is 2.44. The number of rotatable bonds is 2. The van der Waals surface area contributed by atoms with Crippen molar-refractivity contribution in [3.8, 4) is 11.8 Å². The van der Waals surface area contributed by atoms with E-state index in [2.05, 4.69) is 6.07 Å². The van der Waals surface area contributed by atoms with Crippen LogP contribution >= 0.6 is 0 Å². The molecule has 6 heteroatoms. The summed E-state index contributed by atoms with van der Waals surface area (Å²) in [5.74, 6) is 0.00748. The molecule has 0 radical (unpaired) electrons. The van der Waals surface area contributed by atoms with Crippen LogP contribution in [0.3, 0.4) is 0 Å². The average molecular weight is 373 g/mol. The van der Waals surface area contributed by atoms with Gasteiger partial charge in [-0.1, -0.05) is 19.6 Å². The van der Waals surface area contributed by atoms with Gasteiger partial charge < -0.3 is 4.74 Å². The van der Waals surface area contributed by atoms with Gasteiger partial charge in [0.15, 0.2) is 9.84 Å². The lowest BCUT2D eigenvalue weighted by Gasteiger charge is -2.34. The topological polar surface area (TPSA) is 67.2 Å². The summed E-state index contributed by atoms with van der Waals surface area (Å²) in [4.78, 5) is 0.140. The van der Waals surface area contributed by atoms with E-state index < -0.39 is 15.4 Å². The van der Waals surface area contributed by atoms with Gasteiger partial charge in [0, 0.05) is 17.4 Å². The van der Waals surface area contributed by atoms with Gasteiger partial charge in [0.05, 0.1) is 16.5 Å². The van der Waals surface area contributed by atoms with Crippen molar-refractivity contribution in [1.82, 2.24) is 0 Å². The number of hydrogen-bond acceptors (Lipinski definition) is 4. The number of halogens is 1. The minimum absolute atomic E-state index is 0. The molecule has 1 aliphatic rings. The van der Waals surface area contributed by atoms with Gasteiger partial charge in [-0.15, -0.1) is 0 Å². The van der Waals surface area contributed by atoms with E-state index in [9.17, 15) is 18.1 Å². The van der Waals surface area contributed by atoms with Gasteiger partial charge in [-0.3, -0.25) is 0 Å². The van der Waals surface area contributed by atoms with Crippen molar-refractivity contribution in [2.45, 2.75) is 31.8 Å².